The van der Waals surface area contributed by atoms with Gasteiger partial charge in [0.25, 0.3) is 0 Å². The molecule has 0 aliphatic carbocycles. The number of hydrogen-bond acceptors (Lipinski definition) is 5. The minimum absolute atomic E-state index is 0.0737. The van der Waals surface area contributed by atoms with Crippen LogP contribution in [-0.2, 0) is 4.74 Å². The normalized spacial score (nSPS) is 14.5. The number of fused-ring (bicyclic) bond motifs is 3. The van der Waals surface area contributed by atoms with Gasteiger partial charge in [-0.2, -0.15) is 0 Å². The first-order valence-electron chi connectivity index (χ1n) is 10.5. The van der Waals surface area contributed by atoms with Gasteiger partial charge in [-0.1, -0.05) is 72.4 Å². The van der Waals surface area contributed by atoms with Gasteiger partial charge < -0.3 is 14.0 Å². The first-order chi connectivity index (χ1) is 16.1. The topological polar surface area (TPSA) is 57.5 Å². The molecule has 1 aliphatic heterocycles. The van der Waals surface area contributed by atoms with Crippen LogP contribution in [0.1, 0.15) is 28.2 Å². The number of ether oxygens (including phenoxy) is 2. The van der Waals surface area contributed by atoms with E-state index in [0.29, 0.717) is 16.1 Å². The molecular weight excluding hydrogens is 441 g/mol. The summed E-state index contributed by atoms with van der Waals surface area (Å²) in [5.74, 6) is -1.05. The maximum atomic E-state index is 15.4. The fourth-order valence-corrected chi connectivity index (χ4v) is 5.49. The molecule has 4 aromatic rings. The molecule has 1 unspecified atom stereocenters. The zero-order valence-electron chi connectivity index (χ0n) is 18.0. The lowest BCUT2D eigenvalue weighted by Gasteiger charge is -2.36. The van der Waals surface area contributed by atoms with Gasteiger partial charge in [0.1, 0.15) is 16.8 Å². The summed E-state index contributed by atoms with van der Waals surface area (Å²) in [7, 11) is 1.46. The predicted molar refractivity (Wildman–Crippen MR) is 127 cm³/mol. The Labute approximate surface area is 193 Å². The number of nitrogens with zero attached hydrogens (tertiary/aromatic N) is 1. The van der Waals surface area contributed by atoms with Crippen molar-refractivity contribution in [2.45, 2.75) is 17.3 Å². The highest BCUT2D eigenvalue weighted by molar-refractivity contribution is 8.00. The minimum Gasteiger partial charge on any atom is -0.494 e. The molecule has 0 saturated heterocycles. The Hall–Kier alpha value is -3.58. The van der Waals surface area contributed by atoms with Crippen molar-refractivity contribution in [3.05, 3.63) is 93.9 Å². The number of halogens is 1. The SMILES string of the molecule is CCOC(=O)c1c2n(c3c(OC)c(-c4ccccc4)c(F)cc3c1=O)C(c1ccccc1)S2. The smallest absolute Gasteiger partial charge is 0.344 e. The van der Waals surface area contributed by atoms with Crippen LogP contribution >= 0.6 is 11.8 Å². The second-order valence-electron chi connectivity index (χ2n) is 7.51. The number of carbonyl (C=O) groups is 1. The van der Waals surface area contributed by atoms with Crippen molar-refractivity contribution in [3.63, 3.8) is 0 Å². The number of hydrogen-bond donors (Lipinski definition) is 0. The monoisotopic (exact) mass is 461 g/mol. The number of carbonyl (C=O) groups excluding carboxylic acids is 1. The van der Waals surface area contributed by atoms with Gasteiger partial charge in [-0.3, -0.25) is 4.79 Å². The average Bonchev–Trinajstić information content (AvgIpc) is 2.82. The molecule has 0 amide bonds. The van der Waals surface area contributed by atoms with Crippen molar-refractivity contribution in [2.24, 2.45) is 0 Å². The molecule has 0 spiro atoms. The molecule has 0 bridgehead atoms. The fraction of sp³-hybridized carbons (Fsp3) is 0.154. The van der Waals surface area contributed by atoms with Gasteiger partial charge in [0.2, 0.25) is 5.43 Å². The quantitative estimate of drug-likeness (QED) is 0.360. The van der Waals surface area contributed by atoms with Crippen molar-refractivity contribution in [1.29, 1.82) is 0 Å². The molecule has 5 nitrogen and oxygen atoms in total. The third-order valence-corrected chi connectivity index (χ3v) is 6.97. The van der Waals surface area contributed by atoms with E-state index in [1.807, 2.05) is 53.1 Å². The molecule has 0 N–H and O–H groups in total. The Morgan fingerprint density at radius 1 is 1.09 bits per heavy atom. The molecule has 0 saturated carbocycles. The summed E-state index contributed by atoms with van der Waals surface area (Å²) in [5.41, 5.74) is 1.71. The summed E-state index contributed by atoms with van der Waals surface area (Å²) in [6.45, 7) is 1.81. The largest absolute Gasteiger partial charge is 0.494 e. The van der Waals surface area contributed by atoms with E-state index >= 15 is 4.39 Å². The summed E-state index contributed by atoms with van der Waals surface area (Å²) in [4.78, 5) is 26.1. The van der Waals surface area contributed by atoms with Crippen molar-refractivity contribution < 1.29 is 18.7 Å². The molecule has 0 fully saturated rings. The third-order valence-electron chi connectivity index (χ3n) is 5.64. The zero-order chi connectivity index (χ0) is 23.1. The Morgan fingerprint density at radius 2 is 1.76 bits per heavy atom. The van der Waals surface area contributed by atoms with Crippen LogP contribution in [0.4, 0.5) is 4.39 Å². The minimum atomic E-state index is -0.710. The van der Waals surface area contributed by atoms with Crippen molar-refractivity contribution >= 4 is 28.6 Å². The average molecular weight is 462 g/mol. The van der Waals surface area contributed by atoms with Gasteiger partial charge in [0, 0.05) is 0 Å². The van der Waals surface area contributed by atoms with E-state index in [0.717, 1.165) is 5.56 Å². The van der Waals surface area contributed by atoms with Crippen LogP contribution in [0.5, 0.6) is 5.75 Å². The Balaban J connectivity index is 1.90. The summed E-state index contributed by atoms with van der Waals surface area (Å²) < 4.78 is 28.2. The van der Waals surface area contributed by atoms with Gasteiger partial charge in [0.05, 0.1) is 35.2 Å². The van der Waals surface area contributed by atoms with Crippen molar-refractivity contribution in [3.8, 4) is 16.9 Å². The van der Waals surface area contributed by atoms with Crippen LogP contribution in [0, 0.1) is 5.82 Å². The van der Waals surface area contributed by atoms with E-state index in [1.54, 1.807) is 19.1 Å². The Morgan fingerprint density at radius 3 is 2.39 bits per heavy atom. The van der Waals surface area contributed by atoms with Crippen LogP contribution in [0.3, 0.4) is 0 Å². The lowest BCUT2D eigenvalue weighted by Crippen LogP contribution is -2.31. The second-order valence-corrected chi connectivity index (χ2v) is 8.58. The van der Waals surface area contributed by atoms with Gasteiger partial charge in [-0.15, -0.1) is 0 Å². The van der Waals surface area contributed by atoms with Crippen molar-refractivity contribution in [2.75, 3.05) is 13.7 Å². The zero-order valence-corrected chi connectivity index (χ0v) is 18.8. The molecule has 2 heterocycles. The number of methoxy groups -OCH3 is 1. The molecule has 7 heteroatoms. The molecule has 3 aromatic carbocycles. The standard InChI is InChI=1S/C26H20FNO4S/c1-3-32-26(30)20-22(29)17-14-18(27)19(15-10-6-4-7-11-15)23(31-2)21(17)28-24(33-25(20)28)16-12-8-5-9-13-16/h4-14,24H,3H2,1-2H3. The number of aromatic nitrogens is 1. The number of benzene rings is 3. The van der Waals surface area contributed by atoms with Gasteiger partial charge in [-0.05, 0) is 24.1 Å². The maximum Gasteiger partial charge on any atom is 0.344 e. The van der Waals surface area contributed by atoms with Gasteiger partial charge in [-0.25, -0.2) is 9.18 Å². The summed E-state index contributed by atoms with van der Waals surface area (Å²) in [5, 5.41) is 0.362. The maximum absolute atomic E-state index is 15.4. The van der Waals surface area contributed by atoms with Crippen LogP contribution in [0.25, 0.3) is 22.0 Å². The van der Waals surface area contributed by atoms with E-state index in [4.69, 9.17) is 9.47 Å². The summed E-state index contributed by atoms with van der Waals surface area (Å²) >= 11 is 1.40. The predicted octanol–water partition coefficient (Wildman–Crippen LogP) is 5.65. The number of rotatable bonds is 5. The highest BCUT2D eigenvalue weighted by atomic mass is 32.2. The lowest BCUT2D eigenvalue weighted by atomic mass is 9.99. The molecule has 5 rings (SSSR count). The Kier molecular flexibility index (Phi) is 5.42. The third kappa shape index (κ3) is 3.31. The molecular formula is C26H20FNO4S. The molecule has 1 aromatic heterocycles. The summed E-state index contributed by atoms with van der Waals surface area (Å²) in [6.07, 6.45) is 0. The molecule has 1 aliphatic rings. The first kappa shape index (κ1) is 21.3. The molecule has 0 radical (unpaired) electrons. The number of thioether (sulfide) groups is 1. The fourth-order valence-electron chi connectivity index (χ4n) is 4.22. The van der Waals surface area contributed by atoms with Crippen LogP contribution in [-0.4, -0.2) is 24.3 Å². The highest BCUT2D eigenvalue weighted by Crippen LogP contribution is 2.52. The van der Waals surface area contributed by atoms with Gasteiger partial charge >= 0.3 is 5.97 Å². The molecule has 166 valence electrons. The number of pyridine rings is 1. The van der Waals surface area contributed by atoms with Crippen LogP contribution in [0.15, 0.2) is 76.6 Å². The van der Waals surface area contributed by atoms with Crippen molar-refractivity contribution in [1.82, 2.24) is 4.57 Å². The van der Waals surface area contributed by atoms with E-state index in [2.05, 4.69) is 0 Å². The second kappa shape index (κ2) is 8.41. The van der Waals surface area contributed by atoms with Crippen LogP contribution < -0.4 is 10.2 Å². The Bertz CT molecular complexity index is 1430. The number of esters is 1. The molecule has 33 heavy (non-hydrogen) atoms. The van der Waals surface area contributed by atoms with Crippen LogP contribution in [0.2, 0.25) is 0 Å². The first-order valence-corrected chi connectivity index (χ1v) is 11.4. The van der Waals surface area contributed by atoms with E-state index in [-0.39, 0.29) is 34.2 Å². The van der Waals surface area contributed by atoms with E-state index in [9.17, 15) is 9.59 Å². The summed E-state index contributed by atoms with van der Waals surface area (Å²) in [6, 6.07) is 20.0. The molecule has 1 atom stereocenters. The van der Waals surface area contributed by atoms with E-state index in [1.165, 1.54) is 24.9 Å². The lowest BCUT2D eigenvalue weighted by molar-refractivity contribution is 0.0518. The highest BCUT2D eigenvalue weighted by Gasteiger charge is 2.38. The van der Waals surface area contributed by atoms with Gasteiger partial charge in [0.15, 0.2) is 5.75 Å². The van der Waals surface area contributed by atoms with E-state index < -0.39 is 17.2 Å².